The second-order valence-electron chi connectivity index (χ2n) is 3.22. The minimum absolute atomic E-state index is 0.478. The number of benzene rings is 1. The number of hydrogen-bond acceptors (Lipinski definition) is 4. The summed E-state index contributed by atoms with van der Waals surface area (Å²) in [6, 6.07) is 9.28. The van der Waals surface area contributed by atoms with Gasteiger partial charge in [0.05, 0.1) is 12.3 Å². The van der Waals surface area contributed by atoms with E-state index in [1.807, 2.05) is 24.3 Å². The van der Waals surface area contributed by atoms with Crippen molar-refractivity contribution < 1.29 is 0 Å². The third-order valence-electron chi connectivity index (χ3n) is 2.03. The quantitative estimate of drug-likeness (QED) is 0.917. The average molecular weight is 329 g/mol. The van der Waals surface area contributed by atoms with E-state index in [9.17, 15) is 0 Å². The molecule has 0 amide bonds. The first-order valence-corrected chi connectivity index (χ1v) is 6.71. The molecule has 1 N–H and O–H groups in total. The van der Waals surface area contributed by atoms with Crippen LogP contribution in [0.4, 0.5) is 5.69 Å². The lowest BCUT2D eigenvalue weighted by atomic mass is 10.2. The van der Waals surface area contributed by atoms with Crippen LogP contribution in [0, 0.1) is 11.3 Å². The van der Waals surface area contributed by atoms with Crippen molar-refractivity contribution in [1.29, 1.82) is 5.26 Å². The first kappa shape index (κ1) is 12.4. The van der Waals surface area contributed by atoms with E-state index in [1.165, 1.54) is 11.3 Å². The topological polar surface area (TPSA) is 48.7 Å². The van der Waals surface area contributed by atoms with E-state index in [4.69, 9.17) is 16.9 Å². The Morgan fingerprint density at radius 3 is 2.65 bits per heavy atom. The van der Waals surface area contributed by atoms with Crippen LogP contribution in [0.5, 0.6) is 0 Å². The molecule has 0 bridgehead atoms. The molecule has 0 aliphatic rings. The van der Waals surface area contributed by atoms with Gasteiger partial charge in [-0.1, -0.05) is 27.5 Å². The molecular formula is C11H7BrClN3S. The van der Waals surface area contributed by atoms with Crippen molar-refractivity contribution in [1.82, 2.24) is 4.98 Å². The number of thiazole rings is 1. The van der Waals surface area contributed by atoms with Crippen LogP contribution in [0.1, 0.15) is 11.0 Å². The number of nitrogens with one attached hydrogen (secondary N) is 1. The average Bonchev–Trinajstić information content (AvgIpc) is 2.75. The summed E-state index contributed by atoms with van der Waals surface area (Å²) >= 11 is 10.5. The Balaban J connectivity index is 2.16. The summed E-state index contributed by atoms with van der Waals surface area (Å²) < 4.78 is 1.58. The summed E-state index contributed by atoms with van der Waals surface area (Å²) in [5, 5.41) is 12.9. The molecule has 0 saturated heterocycles. The van der Waals surface area contributed by atoms with Gasteiger partial charge in [-0.15, -0.1) is 11.3 Å². The van der Waals surface area contributed by atoms with Gasteiger partial charge in [0.15, 0.2) is 6.04 Å². The molecule has 0 spiro atoms. The summed E-state index contributed by atoms with van der Waals surface area (Å²) in [6.45, 7) is 0. The lowest BCUT2D eigenvalue weighted by Gasteiger charge is -2.10. The van der Waals surface area contributed by atoms with Gasteiger partial charge in [0.25, 0.3) is 0 Å². The first-order valence-electron chi connectivity index (χ1n) is 4.72. The molecule has 2 rings (SSSR count). The molecule has 1 aromatic carbocycles. The fourth-order valence-electron chi connectivity index (χ4n) is 1.26. The maximum atomic E-state index is 9.11. The molecule has 17 heavy (non-hydrogen) atoms. The molecule has 2 aromatic rings. The molecule has 6 heteroatoms. The van der Waals surface area contributed by atoms with Crippen molar-refractivity contribution in [2.45, 2.75) is 6.04 Å². The second-order valence-corrected chi connectivity index (χ2v) is 5.83. The van der Waals surface area contributed by atoms with E-state index in [2.05, 4.69) is 32.3 Å². The molecule has 0 fully saturated rings. The maximum Gasteiger partial charge on any atom is 0.167 e. The Labute approximate surface area is 116 Å². The number of halogens is 2. The van der Waals surface area contributed by atoms with Gasteiger partial charge >= 0.3 is 0 Å². The number of anilines is 1. The van der Waals surface area contributed by atoms with Crippen LogP contribution in [0.15, 0.2) is 34.9 Å². The number of hydrogen-bond donors (Lipinski definition) is 1. The van der Waals surface area contributed by atoms with Gasteiger partial charge in [-0.25, -0.2) is 4.98 Å². The second kappa shape index (κ2) is 5.50. The van der Waals surface area contributed by atoms with Crippen LogP contribution in [-0.4, -0.2) is 4.98 Å². The van der Waals surface area contributed by atoms with Gasteiger partial charge in [0.1, 0.15) is 9.34 Å². The van der Waals surface area contributed by atoms with E-state index >= 15 is 0 Å². The first-order chi connectivity index (χ1) is 8.19. The summed E-state index contributed by atoms with van der Waals surface area (Å²) in [4.78, 5) is 4.09. The number of nitrogens with zero attached hydrogens (tertiary/aromatic N) is 2. The Morgan fingerprint density at radius 1 is 1.41 bits per heavy atom. The molecule has 86 valence electrons. The van der Waals surface area contributed by atoms with Crippen molar-refractivity contribution in [2.75, 3.05) is 5.32 Å². The molecule has 0 aliphatic heterocycles. The Kier molecular flexibility index (Phi) is 4.00. The van der Waals surface area contributed by atoms with Crippen molar-refractivity contribution in [3.05, 3.63) is 44.3 Å². The third-order valence-corrected chi connectivity index (χ3v) is 3.74. The van der Waals surface area contributed by atoms with Gasteiger partial charge < -0.3 is 5.32 Å². The molecule has 3 nitrogen and oxygen atoms in total. The predicted molar refractivity (Wildman–Crippen MR) is 73.2 cm³/mol. The van der Waals surface area contributed by atoms with Crippen LogP contribution in [0.3, 0.4) is 0 Å². The van der Waals surface area contributed by atoms with E-state index in [1.54, 1.807) is 6.20 Å². The van der Waals surface area contributed by atoms with Gasteiger partial charge in [0.2, 0.25) is 0 Å². The zero-order valence-corrected chi connectivity index (χ0v) is 11.7. The lowest BCUT2D eigenvalue weighted by molar-refractivity contribution is 0.974. The summed E-state index contributed by atoms with van der Waals surface area (Å²) in [5.41, 5.74) is 0.867. The van der Waals surface area contributed by atoms with Gasteiger partial charge in [-0.3, -0.25) is 0 Å². The number of nitriles is 1. The van der Waals surface area contributed by atoms with Gasteiger partial charge in [-0.05, 0) is 24.3 Å². The van der Waals surface area contributed by atoms with Crippen LogP contribution in [0.2, 0.25) is 4.34 Å². The molecule has 1 atom stereocenters. The van der Waals surface area contributed by atoms with Crippen molar-refractivity contribution in [3.63, 3.8) is 0 Å². The number of rotatable bonds is 3. The summed E-state index contributed by atoms with van der Waals surface area (Å²) in [5.74, 6) is 0. The van der Waals surface area contributed by atoms with Gasteiger partial charge in [0, 0.05) is 10.2 Å². The lowest BCUT2D eigenvalue weighted by Crippen LogP contribution is -2.07. The van der Waals surface area contributed by atoms with E-state index in [0.717, 1.165) is 10.2 Å². The van der Waals surface area contributed by atoms with Crippen molar-refractivity contribution >= 4 is 44.6 Å². The van der Waals surface area contributed by atoms with E-state index in [-0.39, 0.29) is 0 Å². The Hall–Kier alpha value is -1.09. The summed E-state index contributed by atoms with van der Waals surface area (Å²) in [6.07, 6.45) is 1.55. The largest absolute Gasteiger partial charge is 0.364 e. The predicted octanol–water partition coefficient (Wildman–Crippen LogP) is 4.24. The van der Waals surface area contributed by atoms with Crippen LogP contribution in [-0.2, 0) is 0 Å². The fraction of sp³-hybridized carbons (Fsp3) is 0.0909. The van der Waals surface area contributed by atoms with E-state index in [0.29, 0.717) is 9.34 Å². The van der Waals surface area contributed by atoms with Crippen LogP contribution < -0.4 is 5.32 Å². The zero-order valence-electron chi connectivity index (χ0n) is 8.52. The highest BCUT2D eigenvalue weighted by Gasteiger charge is 2.14. The normalized spacial score (nSPS) is 11.8. The van der Waals surface area contributed by atoms with Crippen molar-refractivity contribution in [3.8, 4) is 6.07 Å². The highest BCUT2D eigenvalue weighted by Crippen LogP contribution is 2.26. The highest BCUT2D eigenvalue weighted by atomic mass is 79.9. The van der Waals surface area contributed by atoms with Crippen molar-refractivity contribution in [2.24, 2.45) is 0 Å². The summed E-state index contributed by atoms with van der Waals surface area (Å²) in [7, 11) is 0. The monoisotopic (exact) mass is 327 g/mol. The molecule has 0 radical (unpaired) electrons. The molecule has 1 unspecified atom stereocenters. The van der Waals surface area contributed by atoms with Crippen LogP contribution >= 0.6 is 38.9 Å². The smallest absolute Gasteiger partial charge is 0.167 e. The SMILES string of the molecule is N#CC(Nc1ccc(Br)cc1)c1ncc(Cl)s1. The fourth-order valence-corrected chi connectivity index (χ4v) is 2.45. The molecule has 0 aliphatic carbocycles. The highest BCUT2D eigenvalue weighted by molar-refractivity contribution is 9.10. The Morgan fingerprint density at radius 2 is 2.12 bits per heavy atom. The van der Waals surface area contributed by atoms with Gasteiger partial charge in [-0.2, -0.15) is 5.26 Å². The maximum absolute atomic E-state index is 9.11. The minimum atomic E-state index is -0.478. The van der Waals surface area contributed by atoms with E-state index < -0.39 is 6.04 Å². The Bertz CT molecular complexity index is 547. The zero-order chi connectivity index (χ0) is 12.3. The molecule has 1 heterocycles. The van der Waals surface area contributed by atoms with Crippen LogP contribution in [0.25, 0.3) is 0 Å². The minimum Gasteiger partial charge on any atom is -0.364 e. The number of aromatic nitrogens is 1. The molecule has 0 saturated carbocycles. The molecule has 1 aromatic heterocycles. The molecular weight excluding hydrogens is 322 g/mol. The third kappa shape index (κ3) is 3.19. The standard InChI is InChI=1S/C11H7BrClN3S/c12-7-1-3-8(4-2-7)16-9(5-14)11-15-6-10(13)17-11/h1-4,6,9,16H.